The molecule has 0 bridgehead atoms. The van der Waals surface area contributed by atoms with Crippen molar-refractivity contribution in [3.63, 3.8) is 0 Å². The SMILES string of the molecule is BrCCCCCCCCCCCCBr.CCOC(=O)C(CC)=C(C)C.O=C=O. The van der Waals surface area contributed by atoms with Crippen LogP contribution in [0.15, 0.2) is 11.1 Å². The molecule has 4 nitrogen and oxygen atoms in total. The Labute approximate surface area is 189 Å². The van der Waals surface area contributed by atoms with Gasteiger partial charge in [-0.2, -0.15) is 9.59 Å². The van der Waals surface area contributed by atoms with Crippen LogP contribution >= 0.6 is 31.9 Å². The largest absolute Gasteiger partial charge is 0.463 e. The normalized spacial score (nSPS) is 9.21. The smallest absolute Gasteiger partial charge is 0.373 e. The van der Waals surface area contributed by atoms with Gasteiger partial charge in [0.05, 0.1) is 6.61 Å². The van der Waals surface area contributed by atoms with Crippen molar-refractivity contribution in [3.05, 3.63) is 11.1 Å². The first-order valence-corrected chi connectivity index (χ1v) is 12.7. The number of hydrogen-bond acceptors (Lipinski definition) is 4. The second-order valence-corrected chi connectivity index (χ2v) is 8.14. The van der Waals surface area contributed by atoms with Gasteiger partial charge in [0.15, 0.2) is 0 Å². The van der Waals surface area contributed by atoms with E-state index in [9.17, 15) is 4.79 Å². The van der Waals surface area contributed by atoms with Gasteiger partial charge < -0.3 is 4.74 Å². The fourth-order valence-corrected chi connectivity index (χ4v) is 3.32. The number of esters is 1. The van der Waals surface area contributed by atoms with E-state index in [1.807, 2.05) is 27.7 Å². The van der Waals surface area contributed by atoms with Crippen LogP contribution < -0.4 is 0 Å². The Morgan fingerprint density at radius 3 is 1.29 bits per heavy atom. The molecule has 0 aliphatic carbocycles. The number of unbranched alkanes of at least 4 members (excludes halogenated alkanes) is 9. The third-order valence-electron chi connectivity index (χ3n) is 4.00. The minimum Gasteiger partial charge on any atom is -0.463 e. The van der Waals surface area contributed by atoms with E-state index < -0.39 is 0 Å². The van der Waals surface area contributed by atoms with Crippen molar-refractivity contribution in [2.75, 3.05) is 17.3 Å². The number of rotatable bonds is 14. The van der Waals surface area contributed by atoms with Crippen molar-refractivity contribution in [2.45, 2.75) is 98.3 Å². The summed E-state index contributed by atoms with van der Waals surface area (Å²) in [7, 11) is 0. The molecule has 0 spiro atoms. The maximum Gasteiger partial charge on any atom is 0.373 e. The lowest BCUT2D eigenvalue weighted by Crippen LogP contribution is -2.08. The van der Waals surface area contributed by atoms with Gasteiger partial charge in [-0.25, -0.2) is 4.79 Å². The second kappa shape index (κ2) is 28.8. The molecular weight excluding hydrogens is 488 g/mol. The predicted octanol–water partition coefficient (Wildman–Crippen LogP) is 7.39. The molecule has 0 aromatic carbocycles. The van der Waals surface area contributed by atoms with Crippen molar-refractivity contribution in [2.24, 2.45) is 0 Å². The van der Waals surface area contributed by atoms with Gasteiger partial charge in [0.2, 0.25) is 0 Å². The van der Waals surface area contributed by atoms with Gasteiger partial charge in [-0.05, 0) is 40.0 Å². The maximum atomic E-state index is 11.1. The van der Waals surface area contributed by atoms with Crippen molar-refractivity contribution in [3.8, 4) is 0 Å². The van der Waals surface area contributed by atoms with Crippen LogP contribution in [0, 0.1) is 0 Å². The van der Waals surface area contributed by atoms with Crippen molar-refractivity contribution in [1.82, 2.24) is 0 Å². The van der Waals surface area contributed by atoms with Crippen LogP contribution in [0.25, 0.3) is 0 Å². The number of halogens is 2. The highest BCUT2D eigenvalue weighted by Gasteiger charge is 2.08. The summed E-state index contributed by atoms with van der Waals surface area (Å²) < 4.78 is 4.86. The van der Waals surface area contributed by atoms with Crippen LogP contribution in [0.3, 0.4) is 0 Å². The molecule has 0 fully saturated rings. The molecule has 0 rings (SSSR count). The Bertz CT molecular complexity index is 387. The molecular formula is C22H40Br2O4. The summed E-state index contributed by atoms with van der Waals surface area (Å²) in [6, 6.07) is 0. The quantitative estimate of drug-likeness (QED) is 0.102. The number of ether oxygens (including phenoxy) is 1. The van der Waals surface area contributed by atoms with E-state index in [2.05, 4.69) is 31.9 Å². The van der Waals surface area contributed by atoms with E-state index in [0.717, 1.165) is 17.6 Å². The minimum atomic E-state index is -0.171. The van der Waals surface area contributed by atoms with Crippen molar-refractivity contribution < 1.29 is 19.1 Å². The molecule has 0 aliphatic heterocycles. The summed E-state index contributed by atoms with van der Waals surface area (Å²) in [5, 5.41) is 2.36. The van der Waals surface area contributed by atoms with Gasteiger partial charge in [0.1, 0.15) is 0 Å². The van der Waals surface area contributed by atoms with Gasteiger partial charge >= 0.3 is 12.1 Å². The molecule has 28 heavy (non-hydrogen) atoms. The standard InChI is InChI=1S/C12H24Br2.C9H16O2.CO2/c13-11-9-7-5-3-1-2-4-6-8-10-12-14;1-5-8(7(3)4)9(10)11-6-2;2-1-3/h1-12H2;5-6H2,1-4H3;. The van der Waals surface area contributed by atoms with Crippen LogP contribution in [0.1, 0.15) is 98.3 Å². The molecule has 166 valence electrons. The van der Waals surface area contributed by atoms with Crippen LogP contribution in [0.2, 0.25) is 0 Å². The molecule has 0 N–H and O–H groups in total. The minimum absolute atomic E-state index is 0.171. The Morgan fingerprint density at radius 2 is 1.07 bits per heavy atom. The zero-order valence-corrected chi connectivity index (χ0v) is 21.5. The third kappa shape index (κ3) is 27.8. The average Bonchev–Trinajstić information content (AvgIpc) is 2.65. The number of carbonyl (C=O) groups is 1. The first-order valence-electron chi connectivity index (χ1n) is 10.4. The first kappa shape index (κ1) is 32.2. The summed E-state index contributed by atoms with van der Waals surface area (Å²) in [5.74, 6) is -0.171. The Kier molecular flexibility index (Phi) is 33.1. The Balaban J connectivity index is -0.000000399. The van der Waals surface area contributed by atoms with Crippen molar-refractivity contribution in [1.29, 1.82) is 0 Å². The Hall–Kier alpha value is -0.450. The first-order chi connectivity index (χ1) is 13.5. The van der Waals surface area contributed by atoms with Crippen LogP contribution in [0.4, 0.5) is 0 Å². The van der Waals surface area contributed by atoms with E-state index in [1.54, 1.807) is 0 Å². The zero-order valence-electron chi connectivity index (χ0n) is 18.3. The molecule has 0 heterocycles. The summed E-state index contributed by atoms with van der Waals surface area (Å²) >= 11 is 6.93. The highest BCUT2D eigenvalue weighted by molar-refractivity contribution is 9.09. The number of alkyl halides is 2. The summed E-state index contributed by atoms with van der Waals surface area (Å²) in [5.41, 5.74) is 1.85. The summed E-state index contributed by atoms with van der Waals surface area (Å²) in [6.45, 7) is 8.08. The molecule has 0 atom stereocenters. The van der Waals surface area contributed by atoms with Crippen LogP contribution in [-0.4, -0.2) is 29.4 Å². The van der Waals surface area contributed by atoms with Gasteiger partial charge in [-0.15, -0.1) is 0 Å². The fourth-order valence-electron chi connectivity index (χ4n) is 2.52. The lowest BCUT2D eigenvalue weighted by molar-refractivity contribution is -0.191. The second-order valence-electron chi connectivity index (χ2n) is 6.55. The molecule has 0 aromatic heterocycles. The third-order valence-corrected chi connectivity index (χ3v) is 5.12. The zero-order chi connectivity index (χ0) is 22.0. The highest BCUT2D eigenvalue weighted by atomic mass is 79.9. The van der Waals surface area contributed by atoms with Gasteiger partial charge in [0, 0.05) is 16.2 Å². The molecule has 6 heteroatoms. The van der Waals surface area contributed by atoms with Crippen molar-refractivity contribution >= 4 is 44.0 Å². The summed E-state index contributed by atoms with van der Waals surface area (Å²) in [4.78, 5) is 27.4. The van der Waals surface area contributed by atoms with E-state index in [1.165, 1.54) is 74.9 Å². The van der Waals surface area contributed by atoms with E-state index in [-0.39, 0.29) is 12.1 Å². The van der Waals surface area contributed by atoms with Gasteiger partial charge in [0.25, 0.3) is 0 Å². The number of carbonyl (C=O) groups excluding carboxylic acids is 3. The Morgan fingerprint density at radius 1 is 0.750 bits per heavy atom. The van der Waals surface area contributed by atoms with E-state index in [0.29, 0.717) is 6.61 Å². The molecule has 0 amide bonds. The topological polar surface area (TPSA) is 60.4 Å². The molecule has 0 aliphatic rings. The lowest BCUT2D eigenvalue weighted by Gasteiger charge is -2.05. The van der Waals surface area contributed by atoms with Gasteiger partial charge in [-0.3, -0.25) is 0 Å². The summed E-state index contributed by atoms with van der Waals surface area (Å²) in [6.07, 6.45) is 15.2. The average molecular weight is 528 g/mol. The molecule has 0 aromatic rings. The molecule has 0 saturated carbocycles. The highest BCUT2D eigenvalue weighted by Crippen LogP contribution is 2.11. The molecule has 0 saturated heterocycles. The fraction of sp³-hybridized carbons (Fsp3) is 0.818. The predicted molar refractivity (Wildman–Crippen MR) is 124 cm³/mol. The van der Waals surface area contributed by atoms with E-state index in [4.69, 9.17) is 14.3 Å². The molecule has 0 radical (unpaired) electrons. The lowest BCUT2D eigenvalue weighted by atomic mass is 10.1. The monoisotopic (exact) mass is 526 g/mol. The molecule has 0 unspecified atom stereocenters. The maximum absolute atomic E-state index is 11.1. The number of hydrogen-bond donors (Lipinski definition) is 0. The van der Waals surface area contributed by atoms with E-state index >= 15 is 0 Å². The van der Waals surface area contributed by atoms with Crippen LogP contribution in [-0.2, 0) is 19.1 Å². The number of allylic oxidation sites excluding steroid dienone is 1. The van der Waals surface area contributed by atoms with Gasteiger partial charge in [-0.1, -0.05) is 95.7 Å². The van der Waals surface area contributed by atoms with Crippen LogP contribution in [0.5, 0.6) is 0 Å².